The van der Waals surface area contributed by atoms with Gasteiger partial charge in [0, 0.05) is 35.7 Å². The van der Waals surface area contributed by atoms with Crippen molar-refractivity contribution in [3.8, 4) is 0 Å². The Morgan fingerprint density at radius 1 is 1.03 bits per heavy atom. The Bertz CT molecular complexity index is 1070. The van der Waals surface area contributed by atoms with E-state index >= 15 is 0 Å². The van der Waals surface area contributed by atoms with Crippen LogP contribution in [0.3, 0.4) is 0 Å². The highest BCUT2D eigenvalue weighted by Gasteiger charge is 2.18. The minimum atomic E-state index is -1.07. The van der Waals surface area contributed by atoms with Gasteiger partial charge in [-0.1, -0.05) is 12.1 Å². The van der Waals surface area contributed by atoms with Gasteiger partial charge < -0.3 is 10.2 Å². The molecule has 0 saturated heterocycles. The van der Waals surface area contributed by atoms with Gasteiger partial charge in [0.25, 0.3) is 11.8 Å². The highest BCUT2D eigenvalue weighted by molar-refractivity contribution is 6.08. The second-order valence-electron chi connectivity index (χ2n) is 6.40. The van der Waals surface area contributed by atoms with E-state index in [-0.39, 0.29) is 17.3 Å². The van der Waals surface area contributed by atoms with E-state index in [0.29, 0.717) is 12.1 Å². The van der Waals surface area contributed by atoms with Gasteiger partial charge in [-0.2, -0.15) is 0 Å². The molecule has 0 atom stereocenters. The molecule has 0 spiro atoms. The number of rotatable bonds is 5. The van der Waals surface area contributed by atoms with Gasteiger partial charge in [0.2, 0.25) is 0 Å². The normalized spacial score (nSPS) is 10.5. The van der Waals surface area contributed by atoms with E-state index in [1.807, 2.05) is 38.1 Å². The lowest BCUT2D eigenvalue weighted by molar-refractivity contribution is 0.0988. The number of nitrogens with one attached hydrogen (secondary N) is 1. The standard InChI is InChI=1S/C22H19F2N3O2/c1-3-27(17-6-4-5-14(2)11-17)22(29)15-9-10-25-20(12-15)21(28)26-16-7-8-18(23)19(24)13-16/h4-13H,3H2,1-2H3,(H,26,28). The van der Waals surface area contributed by atoms with Crippen LogP contribution < -0.4 is 10.2 Å². The Balaban J connectivity index is 1.83. The lowest BCUT2D eigenvalue weighted by atomic mass is 10.1. The number of carbonyl (C=O) groups excluding carboxylic acids is 2. The van der Waals surface area contributed by atoms with Gasteiger partial charge >= 0.3 is 0 Å². The van der Waals surface area contributed by atoms with Crippen molar-refractivity contribution in [1.82, 2.24) is 4.98 Å². The molecule has 3 rings (SSSR count). The first-order valence-corrected chi connectivity index (χ1v) is 9.00. The molecular weight excluding hydrogens is 376 g/mol. The zero-order valence-electron chi connectivity index (χ0n) is 15.9. The fraction of sp³-hybridized carbons (Fsp3) is 0.136. The van der Waals surface area contributed by atoms with Crippen molar-refractivity contribution in [3.05, 3.63) is 89.2 Å². The molecular formula is C22H19F2N3O2. The number of pyridine rings is 1. The van der Waals surface area contributed by atoms with Gasteiger partial charge in [0.1, 0.15) is 5.69 Å². The second kappa shape index (κ2) is 8.60. The van der Waals surface area contributed by atoms with E-state index in [1.54, 1.807) is 4.90 Å². The van der Waals surface area contributed by atoms with E-state index < -0.39 is 17.5 Å². The van der Waals surface area contributed by atoms with Crippen molar-refractivity contribution in [2.45, 2.75) is 13.8 Å². The van der Waals surface area contributed by atoms with Crippen LogP contribution in [0.1, 0.15) is 33.3 Å². The first-order valence-electron chi connectivity index (χ1n) is 9.00. The molecule has 29 heavy (non-hydrogen) atoms. The minimum absolute atomic E-state index is 0.0131. The fourth-order valence-electron chi connectivity index (χ4n) is 2.85. The van der Waals surface area contributed by atoms with Gasteiger partial charge in [-0.15, -0.1) is 0 Å². The molecule has 0 bridgehead atoms. The summed E-state index contributed by atoms with van der Waals surface area (Å²) in [6.45, 7) is 4.24. The molecule has 3 aromatic rings. The molecule has 0 fully saturated rings. The summed E-state index contributed by atoms with van der Waals surface area (Å²) in [6, 6.07) is 13.5. The average molecular weight is 395 g/mol. The molecule has 148 valence electrons. The molecule has 1 heterocycles. The first-order chi connectivity index (χ1) is 13.9. The smallest absolute Gasteiger partial charge is 0.274 e. The van der Waals surface area contributed by atoms with Gasteiger partial charge in [-0.25, -0.2) is 8.78 Å². The van der Waals surface area contributed by atoms with Crippen LogP contribution in [0.2, 0.25) is 0 Å². The summed E-state index contributed by atoms with van der Waals surface area (Å²) in [5.74, 6) is -2.99. The van der Waals surface area contributed by atoms with Crippen LogP contribution in [0.25, 0.3) is 0 Å². The van der Waals surface area contributed by atoms with Gasteiger partial charge in [0.15, 0.2) is 11.6 Å². The number of carbonyl (C=O) groups is 2. The quantitative estimate of drug-likeness (QED) is 0.687. The predicted octanol–water partition coefficient (Wildman–Crippen LogP) is 4.59. The Labute approximate surface area is 167 Å². The molecule has 0 saturated carbocycles. The third kappa shape index (κ3) is 4.63. The average Bonchev–Trinajstić information content (AvgIpc) is 2.71. The summed E-state index contributed by atoms with van der Waals surface area (Å²) in [7, 11) is 0. The Morgan fingerprint density at radius 2 is 1.83 bits per heavy atom. The Morgan fingerprint density at radius 3 is 2.52 bits per heavy atom. The van der Waals surface area contributed by atoms with Gasteiger partial charge in [-0.3, -0.25) is 14.6 Å². The maximum absolute atomic E-state index is 13.3. The van der Waals surface area contributed by atoms with Crippen molar-refractivity contribution in [2.75, 3.05) is 16.8 Å². The number of benzene rings is 2. The molecule has 0 unspecified atom stereocenters. The van der Waals surface area contributed by atoms with Crippen LogP contribution in [0.4, 0.5) is 20.2 Å². The number of anilines is 2. The van der Waals surface area contributed by atoms with Crippen molar-refractivity contribution in [3.63, 3.8) is 0 Å². The molecule has 1 N–H and O–H groups in total. The number of halogens is 2. The van der Waals surface area contributed by atoms with Crippen LogP contribution in [0, 0.1) is 18.6 Å². The van der Waals surface area contributed by atoms with Crippen molar-refractivity contribution >= 4 is 23.2 Å². The molecule has 0 aliphatic heterocycles. The Hall–Kier alpha value is -3.61. The highest BCUT2D eigenvalue weighted by Crippen LogP contribution is 2.19. The van der Waals surface area contributed by atoms with Gasteiger partial charge in [0.05, 0.1) is 0 Å². The largest absolute Gasteiger partial charge is 0.321 e. The lowest BCUT2D eigenvalue weighted by Crippen LogP contribution is -2.31. The summed E-state index contributed by atoms with van der Waals surface area (Å²) < 4.78 is 26.4. The molecule has 0 aliphatic rings. The summed E-state index contributed by atoms with van der Waals surface area (Å²) in [5, 5.41) is 2.44. The number of hydrogen-bond acceptors (Lipinski definition) is 3. The number of aromatic nitrogens is 1. The summed E-state index contributed by atoms with van der Waals surface area (Å²) in [4.78, 5) is 31.0. The molecule has 7 heteroatoms. The van der Waals surface area contributed by atoms with Crippen LogP contribution in [0.5, 0.6) is 0 Å². The fourth-order valence-corrected chi connectivity index (χ4v) is 2.85. The zero-order valence-corrected chi connectivity index (χ0v) is 15.9. The van der Waals surface area contributed by atoms with Gasteiger partial charge in [-0.05, 0) is 55.8 Å². The monoisotopic (exact) mass is 395 g/mol. The maximum Gasteiger partial charge on any atom is 0.274 e. The number of aryl methyl sites for hydroxylation is 1. The molecule has 0 radical (unpaired) electrons. The topological polar surface area (TPSA) is 62.3 Å². The van der Waals surface area contributed by atoms with E-state index in [1.165, 1.54) is 24.4 Å². The maximum atomic E-state index is 13.3. The van der Waals surface area contributed by atoms with E-state index in [2.05, 4.69) is 10.3 Å². The third-order valence-electron chi connectivity index (χ3n) is 4.29. The number of nitrogens with zero attached hydrogens (tertiary/aromatic N) is 2. The second-order valence-corrected chi connectivity index (χ2v) is 6.40. The van der Waals surface area contributed by atoms with Crippen molar-refractivity contribution in [2.24, 2.45) is 0 Å². The zero-order chi connectivity index (χ0) is 21.0. The molecule has 2 amide bonds. The van der Waals surface area contributed by atoms with Crippen LogP contribution >= 0.6 is 0 Å². The van der Waals surface area contributed by atoms with Crippen LogP contribution in [-0.2, 0) is 0 Å². The van der Waals surface area contributed by atoms with Crippen molar-refractivity contribution < 1.29 is 18.4 Å². The van der Waals surface area contributed by atoms with E-state index in [0.717, 1.165) is 23.4 Å². The predicted molar refractivity (Wildman–Crippen MR) is 107 cm³/mol. The van der Waals surface area contributed by atoms with Crippen LogP contribution in [-0.4, -0.2) is 23.3 Å². The SMILES string of the molecule is CCN(C(=O)c1ccnc(C(=O)Nc2ccc(F)c(F)c2)c1)c1cccc(C)c1. The molecule has 5 nitrogen and oxygen atoms in total. The van der Waals surface area contributed by atoms with E-state index in [4.69, 9.17) is 0 Å². The van der Waals surface area contributed by atoms with Crippen LogP contribution in [0.15, 0.2) is 60.8 Å². The van der Waals surface area contributed by atoms with Crippen molar-refractivity contribution in [1.29, 1.82) is 0 Å². The Kier molecular flexibility index (Phi) is 5.97. The summed E-state index contributed by atoms with van der Waals surface area (Å²) in [6.07, 6.45) is 1.36. The first kappa shape index (κ1) is 20.1. The lowest BCUT2D eigenvalue weighted by Gasteiger charge is -2.21. The number of hydrogen-bond donors (Lipinski definition) is 1. The highest BCUT2D eigenvalue weighted by atomic mass is 19.2. The minimum Gasteiger partial charge on any atom is -0.321 e. The van der Waals surface area contributed by atoms with E-state index in [9.17, 15) is 18.4 Å². The molecule has 0 aliphatic carbocycles. The summed E-state index contributed by atoms with van der Waals surface area (Å²) in [5.41, 5.74) is 2.14. The number of amides is 2. The molecule has 1 aromatic heterocycles. The summed E-state index contributed by atoms with van der Waals surface area (Å²) >= 11 is 0. The third-order valence-corrected chi connectivity index (χ3v) is 4.29. The molecule has 2 aromatic carbocycles.